The van der Waals surface area contributed by atoms with Gasteiger partial charge >= 0.3 is 0 Å². The number of nitrogens with zero attached hydrogens (tertiary/aromatic N) is 1. The van der Waals surface area contributed by atoms with Gasteiger partial charge in [-0.1, -0.05) is 49.2 Å². The summed E-state index contributed by atoms with van der Waals surface area (Å²) in [6.45, 7) is 6.47. The number of quaternary nitrogens is 1. The highest BCUT2D eigenvalue weighted by atomic mass is 16.5. The summed E-state index contributed by atoms with van der Waals surface area (Å²) in [6, 6.07) is 24.0. The van der Waals surface area contributed by atoms with Crippen LogP contribution < -0.4 is 20.3 Å². The number of fused-ring (bicyclic) bond motifs is 4. The standard InChI is InChI=1S/C41H51N3O7/c45-36-16-14-34(35-15-17-39(47)43-40(35)36)37(46)26-42-20-24-49-32-10-12-33(13-11-32)50-25-23-44-21-18-29(19-22-44)38(27-44)51-28-41(48,31-8-4-5-9-31)30-6-2-1-3-7-30/h1-3,6-7,10-17,29,31,37-38,42,46,48H,4-5,8-9,18-28H2,(H-,43,45,47)/p+1/t29?,37-,38-,41+,44?/m0/s1. The summed E-state index contributed by atoms with van der Waals surface area (Å²) in [4.78, 5) is 14.3. The second kappa shape index (κ2) is 15.8. The average molecular weight is 699 g/mol. The number of rotatable bonds is 16. The zero-order chi connectivity index (χ0) is 35.3. The van der Waals surface area contributed by atoms with E-state index < -0.39 is 11.7 Å². The molecule has 0 unspecified atom stereocenters. The normalized spacial score (nSPS) is 23.6. The molecule has 3 aromatic carbocycles. The highest BCUT2D eigenvalue weighted by Crippen LogP contribution is 2.42. The van der Waals surface area contributed by atoms with Gasteiger partial charge in [0.25, 0.3) is 0 Å². The lowest BCUT2D eigenvalue weighted by atomic mass is 9.80. The van der Waals surface area contributed by atoms with Crippen LogP contribution in [0.2, 0.25) is 0 Å². The Morgan fingerprint density at radius 1 is 0.882 bits per heavy atom. The van der Waals surface area contributed by atoms with Crippen LogP contribution in [0.25, 0.3) is 10.9 Å². The van der Waals surface area contributed by atoms with Crippen molar-refractivity contribution in [1.82, 2.24) is 10.3 Å². The maximum atomic E-state index is 12.0. The Morgan fingerprint density at radius 3 is 2.31 bits per heavy atom. The van der Waals surface area contributed by atoms with Crippen molar-refractivity contribution < 1.29 is 34.0 Å². The number of phenolic OH excluding ortho intramolecular Hbond substituents is 1. The van der Waals surface area contributed by atoms with Crippen molar-refractivity contribution in [2.45, 2.75) is 56.3 Å². The lowest BCUT2D eigenvalue weighted by molar-refractivity contribution is -0.946. The van der Waals surface area contributed by atoms with Crippen LogP contribution in [0.15, 0.2) is 83.7 Å². The average Bonchev–Trinajstić information content (AvgIpc) is 3.72. The topological polar surface area (TPSA) is 133 Å². The molecule has 3 saturated heterocycles. The van der Waals surface area contributed by atoms with Gasteiger partial charge in [0, 0.05) is 43.3 Å². The van der Waals surface area contributed by atoms with E-state index in [4.69, 9.17) is 14.2 Å². The molecule has 1 aliphatic carbocycles. The number of aliphatic hydroxyl groups excluding tert-OH is 1. The Bertz CT molecular complexity index is 1790. The van der Waals surface area contributed by atoms with E-state index in [1.807, 2.05) is 42.5 Å². The monoisotopic (exact) mass is 698 g/mol. The molecule has 10 nitrogen and oxygen atoms in total. The number of aromatic hydroxyl groups is 1. The van der Waals surface area contributed by atoms with Crippen molar-refractivity contribution in [3.05, 3.63) is 100 Å². The minimum absolute atomic E-state index is 0.0328. The summed E-state index contributed by atoms with van der Waals surface area (Å²) in [6.07, 6.45) is 6.14. The van der Waals surface area contributed by atoms with Crippen LogP contribution in [0.5, 0.6) is 17.2 Å². The van der Waals surface area contributed by atoms with Crippen LogP contribution >= 0.6 is 0 Å². The second-order valence-electron chi connectivity index (χ2n) is 14.8. The Labute approximate surface area is 299 Å². The number of piperidine rings is 3. The minimum atomic E-state index is -0.929. The second-order valence-corrected chi connectivity index (χ2v) is 14.8. The van der Waals surface area contributed by atoms with E-state index in [-0.39, 0.29) is 23.3 Å². The molecule has 0 radical (unpaired) electrons. The lowest BCUT2D eigenvalue weighted by Crippen LogP contribution is -2.65. The molecule has 1 saturated carbocycles. The molecule has 5 N–H and O–H groups in total. The van der Waals surface area contributed by atoms with Crippen LogP contribution in [-0.4, -0.2) is 90.0 Å². The van der Waals surface area contributed by atoms with Crippen LogP contribution in [0.4, 0.5) is 0 Å². The Hall–Kier alpha value is -3.93. The Kier molecular flexibility index (Phi) is 11.0. The molecule has 0 spiro atoms. The number of aliphatic hydroxyl groups is 2. The van der Waals surface area contributed by atoms with Crippen molar-refractivity contribution in [2.24, 2.45) is 11.8 Å². The predicted octanol–water partition coefficient (Wildman–Crippen LogP) is 5.02. The largest absolute Gasteiger partial charge is 0.506 e. The van der Waals surface area contributed by atoms with Crippen molar-refractivity contribution in [3.8, 4) is 17.2 Å². The Balaban J connectivity index is 0.841. The van der Waals surface area contributed by atoms with E-state index >= 15 is 0 Å². The number of benzene rings is 3. The fourth-order valence-corrected chi connectivity index (χ4v) is 8.65. The number of aromatic nitrogens is 1. The summed E-state index contributed by atoms with van der Waals surface area (Å²) in [5.41, 5.74) is 0.684. The number of pyridine rings is 1. The molecule has 0 amide bonds. The first-order valence-corrected chi connectivity index (χ1v) is 18.7. The van der Waals surface area contributed by atoms with Gasteiger partial charge in [0.15, 0.2) is 0 Å². The van der Waals surface area contributed by atoms with Crippen molar-refractivity contribution in [1.29, 1.82) is 0 Å². The van der Waals surface area contributed by atoms with Gasteiger partial charge in [0.1, 0.15) is 55.3 Å². The van der Waals surface area contributed by atoms with Gasteiger partial charge in [-0.2, -0.15) is 0 Å². The number of hydrogen-bond acceptors (Lipinski definition) is 8. The maximum absolute atomic E-state index is 12.0. The molecule has 4 heterocycles. The molecular formula is C41H52N3O7+. The number of phenols is 1. The zero-order valence-electron chi connectivity index (χ0n) is 29.3. The molecule has 8 rings (SSSR count). The fourth-order valence-electron chi connectivity index (χ4n) is 8.65. The van der Waals surface area contributed by atoms with E-state index in [9.17, 15) is 20.1 Å². The van der Waals surface area contributed by atoms with E-state index in [1.165, 1.54) is 25.0 Å². The van der Waals surface area contributed by atoms with Gasteiger partial charge in [-0.15, -0.1) is 0 Å². The lowest BCUT2D eigenvalue weighted by Gasteiger charge is -2.52. The Morgan fingerprint density at radius 2 is 1.59 bits per heavy atom. The highest BCUT2D eigenvalue weighted by Gasteiger charge is 2.48. The first-order valence-electron chi connectivity index (χ1n) is 18.7. The predicted molar refractivity (Wildman–Crippen MR) is 196 cm³/mol. The molecule has 3 aliphatic heterocycles. The summed E-state index contributed by atoms with van der Waals surface area (Å²) in [5, 5.41) is 36.7. The van der Waals surface area contributed by atoms with E-state index in [2.05, 4.69) is 22.4 Å². The van der Waals surface area contributed by atoms with Gasteiger partial charge in [-0.25, -0.2) is 0 Å². The first-order chi connectivity index (χ1) is 24.8. The third-order valence-corrected chi connectivity index (χ3v) is 11.7. The number of ether oxygens (including phenoxy) is 3. The molecule has 4 aliphatic rings. The van der Waals surface area contributed by atoms with E-state index in [0.29, 0.717) is 55.3 Å². The zero-order valence-corrected chi connectivity index (χ0v) is 29.3. The number of hydrogen-bond donors (Lipinski definition) is 5. The summed E-state index contributed by atoms with van der Waals surface area (Å²) in [7, 11) is 0. The van der Waals surface area contributed by atoms with Gasteiger partial charge in [0.05, 0.1) is 31.3 Å². The molecule has 10 heteroatoms. The molecule has 4 fully saturated rings. The van der Waals surface area contributed by atoms with Gasteiger partial charge < -0.3 is 44.3 Å². The number of aromatic amines is 1. The number of nitrogens with one attached hydrogen (secondary N) is 2. The molecule has 3 atom stereocenters. The molecule has 272 valence electrons. The number of H-pyrrole nitrogens is 1. The maximum Gasteiger partial charge on any atom is 0.248 e. The molecule has 4 aromatic rings. The summed E-state index contributed by atoms with van der Waals surface area (Å²) < 4.78 is 19.8. The van der Waals surface area contributed by atoms with Crippen molar-refractivity contribution in [3.63, 3.8) is 0 Å². The highest BCUT2D eigenvalue weighted by molar-refractivity contribution is 5.87. The van der Waals surface area contributed by atoms with Crippen molar-refractivity contribution >= 4 is 10.9 Å². The van der Waals surface area contributed by atoms with Crippen molar-refractivity contribution in [2.75, 3.05) is 59.1 Å². The first kappa shape index (κ1) is 35.5. The van der Waals surface area contributed by atoms with E-state index in [0.717, 1.165) is 73.4 Å². The molecule has 2 bridgehead atoms. The SMILES string of the molecule is O=c1ccc2c([C@@H](O)CNCCOc3ccc(OCC[N+]45CCC(CC4)[C@@H](OC[C@@](O)(c4ccccc4)C4CCCC4)C5)cc3)ccc(O)c2[nH]1. The summed E-state index contributed by atoms with van der Waals surface area (Å²) >= 11 is 0. The van der Waals surface area contributed by atoms with E-state index in [1.54, 1.807) is 12.1 Å². The minimum Gasteiger partial charge on any atom is -0.506 e. The van der Waals surface area contributed by atoms with Crippen LogP contribution in [0, 0.1) is 11.8 Å². The third-order valence-electron chi connectivity index (χ3n) is 11.7. The van der Waals surface area contributed by atoms with Crippen LogP contribution in [0.3, 0.4) is 0 Å². The third kappa shape index (κ3) is 8.10. The fraction of sp³-hybridized carbons (Fsp3) is 0.488. The van der Waals surface area contributed by atoms with Gasteiger partial charge in [-0.05, 0) is 66.3 Å². The summed E-state index contributed by atoms with van der Waals surface area (Å²) in [5.74, 6) is 2.34. The smallest absolute Gasteiger partial charge is 0.248 e. The quantitative estimate of drug-likeness (QED) is 0.0815. The van der Waals surface area contributed by atoms with Gasteiger partial charge in [0.2, 0.25) is 5.56 Å². The van der Waals surface area contributed by atoms with Crippen LogP contribution in [0.1, 0.15) is 55.8 Å². The molecular weight excluding hydrogens is 646 g/mol. The molecule has 51 heavy (non-hydrogen) atoms. The van der Waals surface area contributed by atoms with Gasteiger partial charge in [-0.3, -0.25) is 4.79 Å². The molecule has 1 aromatic heterocycles. The van der Waals surface area contributed by atoms with Crippen LogP contribution in [-0.2, 0) is 10.3 Å².